The van der Waals surface area contributed by atoms with Gasteiger partial charge in [-0.3, -0.25) is 13.9 Å². The van der Waals surface area contributed by atoms with Gasteiger partial charge < -0.3 is 25.4 Å². The zero-order valence-corrected chi connectivity index (χ0v) is 22.8. The van der Waals surface area contributed by atoms with Crippen LogP contribution in [0.2, 0.25) is 0 Å². The summed E-state index contributed by atoms with van der Waals surface area (Å²) in [4.78, 5) is 27.1. The third-order valence-electron chi connectivity index (χ3n) is 6.72. The first-order valence-electron chi connectivity index (χ1n) is 12.7. The summed E-state index contributed by atoms with van der Waals surface area (Å²) in [6.07, 6.45) is 4.98. The van der Waals surface area contributed by atoms with Crippen LogP contribution in [-0.4, -0.2) is 52.1 Å². The number of hydrogen-bond acceptors (Lipinski definition) is 10. The highest BCUT2D eigenvalue weighted by atomic mass is 31.2. The summed E-state index contributed by atoms with van der Waals surface area (Å²) < 4.78 is 25.4. The maximum absolute atomic E-state index is 13.9. The standard InChI is InChI=1S/C25H36N7O4P/c1-5-35-37(34,36-6-2)15-29-18-8-10-19(11-9-18)32-23-20(16(3)30-25(26)31-23)13-21(24(32)33)17-7-12-22(27-4)28-14-17/h7,12-14,18-19,29H,5-6,8-11,15H2,1-4H3,(H,27,28)(H2,26,30,31). The molecule has 0 aromatic carbocycles. The topological polar surface area (TPSA) is 146 Å². The van der Waals surface area contributed by atoms with Crippen LogP contribution in [-0.2, 0) is 13.6 Å². The number of nitrogen functional groups attached to an aromatic ring is 1. The zero-order chi connectivity index (χ0) is 26.6. The molecule has 0 bridgehead atoms. The van der Waals surface area contributed by atoms with Gasteiger partial charge in [0, 0.05) is 41.8 Å². The molecule has 1 saturated carbocycles. The van der Waals surface area contributed by atoms with Crippen LogP contribution >= 0.6 is 7.60 Å². The Kier molecular flexibility index (Phi) is 8.59. The van der Waals surface area contributed by atoms with Crippen molar-refractivity contribution in [3.63, 3.8) is 0 Å². The number of fused-ring (bicyclic) bond motifs is 1. The lowest BCUT2D eigenvalue weighted by Crippen LogP contribution is -2.37. The van der Waals surface area contributed by atoms with Gasteiger partial charge in [-0.25, -0.2) is 9.97 Å². The molecule has 0 unspecified atom stereocenters. The highest BCUT2D eigenvalue weighted by Crippen LogP contribution is 2.47. The largest absolute Gasteiger partial charge is 0.373 e. The van der Waals surface area contributed by atoms with Crippen molar-refractivity contribution in [2.45, 2.75) is 58.5 Å². The molecule has 0 amide bonds. The summed E-state index contributed by atoms with van der Waals surface area (Å²) in [7, 11) is -1.37. The lowest BCUT2D eigenvalue weighted by molar-refractivity contribution is 0.213. The van der Waals surface area contributed by atoms with Gasteiger partial charge in [0.2, 0.25) is 5.95 Å². The Bertz CT molecular complexity index is 1330. The van der Waals surface area contributed by atoms with Crippen LogP contribution in [0.5, 0.6) is 0 Å². The number of hydrogen-bond donors (Lipinski definition) is 3. The summed E-state index contributed by atoms with van der Waals surface area (Å²) in [5, 5.41) is 7.15. The lowest BCUT2D eigenvalue weighted by atomic mass is 9.90. The monoisotopic (exact) mass is 529 g/mol. The Morgan fingerprint density at radius 3 is 2.43 bits per heavy atom. The molecule has 1 aliphatic carbocycles. The van der Waals surface area contributed by atoms with Crippen LogP contribution in [0.15, 0.2) is 29.2 Å². The van der Waals surface area contributed by atoms with E-state index < -0.39 is 7.60 Å². The third-order valence-corrected chi connectivity index (χ3v) is 8.59. The Hall–Kier alpha value is -2.85. The number of nitrogens with two attached hydrogens (primary N) is 1. The van der Waals surface area contributed by atoms with Gasteiger partial charge in [-0.15, -0.1) is 0 Å². The van der Waals surface area contributed by atoms with Gasteiger partial charge in [-0.1, -0.05) is 0 Å². The van der Waals surface area contributed by atoms with Crippen molar-refractivity contribution >= 4 is 30.4 Å². The van der Waals surface area contributed by atoms with E-state index in [0.717, 1.165) is 48.1 Å². The van der Waals surface area contributed by atoms with Crippen molar-refractivity contribution in [1.82, 2.24) is 24.8 Å². The smallest absolute Gasteiger partial charge is 0.344 e. The highest BCUT2D eigenvalue weighted by Gasteiger charge is 2.29. The first-order valence-corrected chi connectivity index (χ1v) is 14.5. The molecule has 0 radical (unpaired) electrons. The average molecular weight is 530 g/mol. The van der Waals surface area contributed by atoms with E-state index in [0.29, 0.717) is 24.4 Å². The van der Waals surface area contributed by atoms with E-state index in [-0.39, 0.29) is 29.9 Å². The highest BCUT2D eigenvalue weighted by molar-refractivity contribution is 7.53. The Labute approximate surface area is 216 Å². The average Bonchev–Trinajstić information content (AvgIpc) is 2.88. The maximum atomic E-state index is 13.9. The van der Waals surface area contributed by atoms with Gasteiger partial charge in [0.1, 0.15) is 11.5 Å². The Balaban J connectivity index is 1.63. The zero-order valence-electron chi connectivity index (χ0n) is 21.9. The molecule has 4 rings (SSSR count). The van der Waals surface area contributed by atoms with E-state index >= 15 is 0 Å². The van der Waals surface area contributed by atoms with Gasteiger partial charge in [0.15, 0.2) is 0 Å². The molecule has 4 N–H and O–H groups in total. The second kappa shape index (κ2) is 11.7. The fraction of sp³-hybridized carbons (Fsp3) is 0.520. The normalized spacial score (nSPS) is 18.3. The van der Waals surface area contributed by atoms with Crippen LogP contribution in [0.25, 0.3) is 22.2 Å². The van der Waals surface area contributed by atoms with Crippen molar-refractivity contribution < 1.29 is 13.6 Å². The maximum Gasteiger partial charge on any atom is 0.344 e. The minimum atomic E-state index is -3.16. The molecular formula is C25H36N7O4P. The van der Waals surface area contributed by atoms with Crippen molar-refractivity contribution in [1.29, 1.82) is 0 Å². The predicted octanol–water partition coefficient (Wildman–Crippen LogP) is 4.08. The second-order valence-electron chi connectivity index (χ2n) is 9.13. The number of anilines is 2. The van der Waals surface area contributed by atoms with E-state index in [1.54, 1.807) is 31.7 Å². The molecule has 0 spiro atoms. The quantitative estimate of drug-likeness (QED) is 0.328. The van der Waals surface area contributed by atoms with Crippen molar-refractivity contribution in [2.75, 3.05) is 37.6 Å². The number of nitrogens with zero attached hydrogens (tertiary/aromatic N) is 4. The van der Waals surface area contributed by atoms with Gasteiger partial charge in [0.05, 0.1) is 25.2 Å². The van der Waals surface area contributed by atoms with E-state index in [4.69, 9.17) is 14.8 Å². The molecule has 12 heteroatoms. The Morgan fingerprint density at radius 1 is 1.14 bits per heavy atom. The van der Waals surface area contributed by atoms with E-state index in [2.05, 4.69) is 25.6 Å². The fourth-order valence-corrected chi connectivity index (χ4v) is 6.45. The molecule has 3 heterocycles. The van der Waals surface area contributed by atoms with Crippen molar-refractivity contribution in [3.05, 3.63) is 40.4 Å². The van der Waals surface area contributed by atoms with Crippen LogP contribution in [0.3, 0.4) is 0 Å². The van der Waals surface area contributed by atoms with Crippen LogP contribution < -0.4 is 21.9 Å². The predicted molar refractivity (Wildman–Crippen MR) is 146 cm³/mol. The van der Waals surface area contributed by atoms with E-state index in [1.165, 1.54) is 0 Å². The van der Waals surface area contributed by atoms with E-state index in [9.17, 15) is 9.36 Å². The molecule has 0 saturated heterocycles. The molecular weight excluding hydrogens is 493 g/mol. The Morgan fingerprint density at radius 2 is 1.84 bits per heavy atom. The fourth-order valence-electron chi connectivity index (χ4n) is 4.92. The number of rotatable bonds is 10. The lowest BCUT2D eigenvalue weighted by Gasteiger charge is -2.32. The summed E-state index contributed by atoms with van der Waals surface area (Å²) >= 11 is 0. The number of pyridine rings is 2. The summed E-state index contributed by atoms with van der Waals surface area (Å²) in [5.41, 5.74) is 8.41. The van der Waals surface area contributed by atoms with Crippen LogP contribution in [0.1, 0.15) is 51.3 Å². The number of nitrogens with one attached hydrogen (secondary N) is 2. The van der Waals surface area contributed by atoms with Gasteiger partial charge in [-0.2, -0.15) is 4.98 Å². The van der Waals surface area contributed by atoms with Crippen LogP contribution in [0, 0.1) is 6.92 Å². The SMILES string of the molecule is CCOP(=O)(CNC1CCC(n2c(=O)c(-c3ccc(NC)nc3)cc3c(C)nc(N)nc32)CC1)OCC. The summed E-state index contributed by atoms with van der Waals surface area (Å²) in [5.74, 6) is 0.866. The van der Waals surface area contributed by atoms with Crippen molar-refractivity contribution in [3.8, 4) is 11.1 Å². The molecule has 0 atom stereocenters. The molecule has 3 aromatic heterocycles. The summed E-state index contributed by atoms with van der Waals surface area (Å²) in [6.45, 7) is 6.13. The number of aromatic nitrogens is 4. The molecule has 11 nitrogen and oxygen atoms in total. The molecule has 200 valence electrons. The number of aryl methyl sites for hydroxylation is 1. The van der Waals surface area contributed by atoms with Crippen molar-refractivity contribution in [2.24, 2.45) is 0 Å². The molecule has 1 fully saturated rings. The second-order valence-corrected chi connectivity index (χ2v) is 11.2. The summed E-state index contributed by atoms with van der Waals surface area (Å²) in [6, 6.07) is 5.66. The molecule has 0 aliphatic heterocycles. The van der Waals surface area contributed by atoms with Gasteiger partial charge in [-0.05, 0) is 64.7 Å². The molecule has 37 heavy (non-hydrogen) atoms. The molecule has 1 aliphatic rings. The van der Waals surface area contributed by atoms with Gasteiger partial charge >= 0.3 is 7.60 Å². The van der Waals surface area contributed by atoms with Gasteiger partial charge in [0.25, 0.3) is 5.56 Å². The molecule has 3 aromatic rings. The van der Waals surface area contributed by atoms with Crippen LogP contribution in [0.4, 0.5) is 11.8 Å². The minimum Gasteiger partial charge on any atom is -0.373 e. The third kappa shape index (κ3) is 6.01. The first-order chi connectivity index (χ1) is 17.8. The first kappa shape index (κ1) is 27.2. The van der Waals surface area contributed by atoms with E-state index in [1.807, 2.05) is 25.1 Å². The minimum absolute atomic E-state index is 0.0585.